The molecule has 0 bridgehead atoms. The molecule has 10 nitrogen and oxygen atoms in total. The van der Waals surface area contributed by atoms with Crippen molar-refractivity contribution in [3.8, 4) is 0 Å². The van der Waals surface area contributed by atoms with Crippen LogP contribution in [0.1, 0.15) is 33.9 Å². The molecule has 0 aliphatic carbocycles. The van der Waals surface area contributed by atoms with Crippen LogP contribution in [0.2, 0.25) is 0 Å². The van der Waals surface area contributed by atoms with Crippen LogP contribution >= 0.6 is 0 Å². The fourth-order valence-electron chi connectivity index (χ4n) is 7.01. The van der Waals surface area contributed by atoms with Crippen LogP contribution in [0.5, 0.6) is 0 Å². The summed E-state index contributed by atoms with van der Waals surface area (Å²) >= 11 is 0. The first-order valence-electron chi connectivity index (χ1n) is 18.6. The zero-order valence-corrected chi connectivity index (χ0v) is 32.8. The van der Waals surface area contributed by atoms with E-state index >= 15 is 0 Å². The standard InChI is InChI=1S/C45H46N8O2S/c1-50(2)44-20-12-19-43-42(44)18-13-21-45(43)56(54,55)51(3)41-27-35(29-52(31-37-14-4-8-22-46-37)32-38-15-5-9-23-47-38)26-36(28-41)30-53(33-39-16-6-10-24-48-39)34-40-17-7-11-25-49-40/h4-28H,29-34H2,1-3H3. The van der Waals surface area contributed by atoms with Gasteiger partial charge in [-0.3, -0.25) is 34.0 Å². The van der Waals surface area contributed by atoms with E-state index < -0.39 is 10.0 Å². The Labute approximate surface area is 329 Å². The highest BCUT2D eigenvalue weighted by Crippen LogP contribution is 2.34. The lowest BCUT2D eigenvalue weighted by atomic mass is 10.1. The van der Waals surface area contributed by atoms with Crippen molar-refractivity contribution in [2.24, 2.45) is 0 Å². The Morgan fingerprint density at radius 1 is 0.464 bits per heavy atom. The van der Waals surface area contributed by atoms with Crippen molar-refractivity contribution < 1.29 is 8.42 Å². The number of anilines is 2. The fourth-order valence-corrected chi connectivity index (χ4v) is 8.39. The van der Waals surface area contributed by atoms with Crippen molar-refractivity contribution in [1.29, 1.82) is 0 Å². The van der Waals surface area contributed by atoms with Gasteiger partial charge in [0.25, 0.3) is 10.0 Å². The summed E-state index contributed by atoms with van der Waals surface area (Å²) in [4.78, 5) is 25.3. The van der Waals surface area contributed by atoms with Crippen molar-refractivity contribution in [2.75, 3.05) is 30.3 Å². The molecule has 0 saturated carbocycles. The molecule has 0 aliphatic heterocycles. The van der Waals surface area contributed by atoms with Crippen molar-refractivity contribution in [3.05, 3.63) is 186 Å². The number of nitrogens with zero attached hydrogens (tertiary/aromatic N) is 8. The molecule has 0 radical (unpaired) electrons. The maximum atomic E-state index is 14.7. The van der Waals surface area contributed by atoms with Gasteiger partial charge in [0.05, 0.1) is 33.4 Å². The number of rotatable bonds is 16. The van der Waals surface area contributed by atoms with Gasteiger partial charge in [-0.2, -0.15) is 0 Å². The van der Waals surface area contributed by atoms with Crippen LogP contribution in [0.4, 0.5) is 11.4 Å². The minimum atomic E-state index is -4.00. The number of hydrogen-bond donors (Lipinski definition) is 0. The minimum absolute atomic E-state index is 0.256. The Morgan fingerprint density at radius 3 is 1.30 bits per heavy atom. The topological polar surface area (TPSA) is 98.7 Å². The molecule has 0 saturated heterocycles. The van der Waals surface area contributed by atoms with E-state index in [9.17, 15) is 8.42 Å². The Morgan fingerprint density at radius 2 is 0.893 bits per heavy atom. The summed E-state index contributed by atoms with van der Waals surface area (Å²) in [5, 5.41) is 1.55. The van der Waals surface area contributed by atoms with Gasteiger partial charge in [0.2, 0.25) is 0 Å². The molecule has 4 heterocycles. The molecule has 56 heavy (non-hydrogen) atoms. The number of sulfonamides is 1. The summed E-state index contributed by atoms with van der Waals surface area (Å²) in [7, 11) is 1.57. The van der Waals surface area contributed by atoms with Crippen molar-refractivity contribution in [3.63, 3.8) is 0 Å². The van der Waals surface area contributed by atoms with Gasteiger partial charge in [-0.15, -0.1) is 0 Å². The first-order chi connectivity index (χ1) is 27.2. The van der Waals surface area contributed by atoms with Gasteiger partial charge in [0, 0.05) is 102 Å². The largest absolute Gasteiger partial charge is 0.377 e. The quantitative estimate of drug-likeness (QED) is 0.0981. The molecule has 0 unspecified atom stereocenters. The number of fused-ring (bicyclic) bond motifs is 1. The lowest BCUT2D eigenvalue weighted by molar-refractivity contribution is 0.238. The number of benzene rings is 3. The molecular formula is C45H46N8O2S. The van der Waals surface area contributed by atoms with Crippen LogP contribution in [0.15, 0.2) is 157 Å². The molecule has 284 valence electrons. The molecule has 0 amide bonds. The SMILES string of the molecule is CN(C)c1cccc2c(S(=O)(=O)N(C)c3cc(CN(Cc4ccccn4)Cc4ccccn4)cc(CN(Cc4ccccn4)Cc4ccccn4)c3)cccc12. The van der Waals surface area contributed by atoms with Gasteiger partial charge in [0.1, 0.15) is 0 Å². The summed E-state index contributed by atoms with van der Waals surface area (Å²) < 4.78 is 30.9. The minimum Gasteiger partial charge on any atom is -0.377 e. The average Bonchev–Trinajstić information content (AvgIpc) is 3.21. The Balaban J connectivity index is 1.29. The maximum Gasteiger partial charge on any atom is 0.264 e. The van der Waals surface area contributed by atoms with Crippen LogP contribution in [-0.2, 0) is 49.3 Å². The second kappa shape index (κ2) is 17.6. The van der Waals surface area contributed by atoms with E-state index in [1.807, 2.05) is 134 Å². The van der Waals surface area contributed by atoms with E-state index in [2.05, 4.69) is 35.8 Å². The van der Waals surface area contributed by atoms with Gasteiger partial charge in [0.15, 0.2) is 0 Å². The fraction of sp³-hybridized carbons (Fsp3) is 0.200. The molecule has 0 atom stereocenters. The number of hydrogen-bond acceptors (Lipinski definition) is 9. The molecule has 7 rings (SSSR count). The number of pyridine rings is 4. The van der Waals surface area contributed by atoms with E-state index in [-0.39, 0.29) is 4.90 Å². The predicted octanol–water partition coefficient (Wildman–Crippen LogP) is 7.72. The smallest absolute Gasteiger partial charge is 0.264 e. The summed E-state index contributed by atoms with van der Waals surface area (Å²) in [5.74, 6) is 0. The number of aromatic nitrogens is 4. The third kappa shape index (κ3) is 9.43. The van der Waals surface area contributed by atoms with E-state index in [4.69, 9.17) is 0 Å². The molecule has 3 aromatic carbocycles. The van der Waals surface area contributed by atoms with Crippen LogP contribution in [0.3, 0.4) is 0 Å². The molecule has 11 heteroatoms. The van der Waals surface area contributed by atoms with Gasteiger partial charge >= 0.3 is 0 Å². The van der Waals surface area contributed by atoms with Crippen LogP contribution < -0.4 is 9.21 Å². The van der Waals surface area contributed by atoms with Gasteiger partial charge in [-0.1, -0.05) is 54.6 Å². The first-order valence-corrected chi connectivity index (χ1v) is 20.0. The molecule has 7 aromatic rings. The molecule has 4 aromatic heterocycles. The average molecular weight is 763 g/mol. The van der Waals surface area contributed by atoms with E-state index in [0.29, 0.717) is 50.3 Å². The third-order valence-corrected chi connectivity index (χ3v) is 11.5. The van der Waals surface area contributed by atoms with Crippen molar-refractivity contribution >= 4 is 32.2 Å². The van der Waals surface area contributed by atoms with Crippen molar-refractivity contribution in [2.45, 2.75) is 44.2 Å². The Bertz CT molecular complexity index is 2260. The highest BCUT2D eigenvalue weighted by atomic mass is 32.2. The molecule has 0 aliphatic rings. The first kappa shape index (κ1) is 38.3. The van der Waals surface area contributed by atoms with E-state index in [0.717, 1.165) is 45.0 Å². The summed E-state index contributed by atoms with van der Waals surface area (Å²) in [5.41, 5.74) is 7.20. The normalized spacial score (nSPS) is 11.7. The van der Waals surface area contributed by atoms with E-state index in [1.54, 1.807) is 37.9 Å². The van der Waals surface area contributed by atoms with Gasteiger partial charge in [-0.25, -0.2) is 8.42 Å². The molecular weight excluding hydrogens is 717 g/mol. The van der Waals surface area contributed by atoms with Crippen LogP contribution in [-0.4, -0.2) is 59.3 Å². The zero-order valence-electron chi connectivity index (χ0n) is 32.0. The summed E-state index contributed by atoms with van der Waals surface area (Å²) in [6.07, 6.45) is 7.22. The van der Waals surface area contributed by atoms with Gasteiger partial charge in [-0.05, 0) is 83.9 Å². The monoisotopic (exact) mass is 762 g/mol. The highest BCUT2D eigenvalue weighted by molar-refractivity contribution is 7.93. The lowest BCUT2D eigenvalue weighted by Crippen LogP contribution is -2.28. The summed E-state index contributed by atoms with van der Waals surface area (Å²) in [6.45, 7) is 3.40. The summed E-state index contributed by atoms with van der Waals surface area (Å²) in [6, 6.07) is 41.1. The van der Waals surface area contributed by atoms with Gasteiger partial charge < -0.3 is 4.90 Å². The maximum absolute atomic E-state index is 14.7. The van der Waals surface area contributed by atoms with Crippen LogP contribution in [0.25, 0.3) is 10.8 Å². The van der Waals surface area contributed by atoms with E-state index in [1.165, 1.54) is 4.31 Å². The lowest BCUT2D eigenvalue weighted by Gasteiger charge is -2.27. The molecule has 0 N–H and O–H groups in total. The Kier molecular flexibility index (Phi) is 12.1. The molecule has 0 fully saturated rings. The van der Waals surface area contributed by atoms with Crippen LogP contribution in [0, 0.1) is 0 Å². The zero-order chi connectivity index (χ0) is 38.9. The molecule has 0 spiro atoms. The highest BCUT2D eigenvalue weighted by Gasteiger charge is 2.26. The second-order valence-electron chi connectivity index (χ2n) is 14.1. The third-order valence-electron chi connectivity index (χ3n) is 9.64. The Hall–Kier alpha value is -6.01. The second-order valence-corrected chi connectivity index (χ2v) is 16.0. The van der Waals surface area contributed by atoms with Crippen molar-refractivity contribution in [1.82, 2.24) is 29.7 Å². The predicted molar refractivity (Wildman–Crippen MR) is 223 cm³/mol.